The van der Waals surface area contributed by atoms with Crippen LogP contribution in [0.4, 0.5) is 5.69 Å². The van der Waals surface area contributed by atoms with Crippen LogP contribution in [0.15, 0.2) is 115 Å². The summed E-state index contributed by atoms with van der Waals surface area (Å²) >= 11 is 0. The predicted molar refractivity (Wildman–Crippen MR) is 163 cm³/mol. The number of hydrogen-bond donors (Lipinski definition) is 0. The maximum Gasteiger partial charge on any atom is 0.145 e. The average Bonchev–Trinajstić information content (AvgIpc) is 3.01. The third-order valence-electron chi connectivity index (χ3n) is 6.88. The van der Waals surface area contributed by atoms with Crippen LogP contribution in [-0.4, -0.2) is 37.9 Å². The van der Waals surface area contributed by atoms with Gasteiger partial charge in [0.05, 0.1) is 37.6 Å². The Balaban J connectivity index is 1.29. The molecule has 0 spiro atoms. The molecular weight excluding hydrogens is 496 g/mol. The summed E-state index contributed by atoms with van der Waals surface area (Å²) in [5, 5.41) is 1.07. The average molecular weight is 533 g/mol. The zero-order valence-electron chi connectivity index (χ0n) is 23.2. The molecule has 0 bridgehead atoms. The van der Waals surface area contributed by atoms with Crippen molar-refractivity contribution in [3.05, 3.63) is 126 Å². The maximum atomic E-state index is 6.40. The Morgan fingerprint density at radius 1 is 0.700 bits per heavy atom. The Bertz CT molecular complexity index is 1430. The molecule has 5 heteroatoms. The highest BCUT2D eigenvalue weighted by atomic mass is 16.6. The number of pyridine rings is 1. The Kier molecular flexibility index (Phi) is 9.41. The molecule has 5 rings (SSSR count). The van der Waals surface area contributed by atoms with Crippen molar-refractivity contribution >= 4 is 16.6 Å². The number of hydrogen-bond acceptors (Lipinski definition) is 5. The Labute approximate surface area is 237 Å². The highest BCUT2D eigenvalue weighted by Crippen LogP contribution is 2.26. The topological polar surface area (TPSA) is 43.8 Å². The molecule has 0 aliphatic rings. The molecule has 0 amide bonds. The minimum atomic E-state index is -0.267. The number of nitrogens with zero attached hydrogens (tertiary/aromatic N) is 2. The van der Waals surface area contributed by atoms with E-state index in [9.17, 15) is 0 Å². The van der Waals surface area contributed by atoms with Crippen molar-refractivity contribution in [2.75, 3.05) is 31.7 Å². The summed E-state index contributed by atoms with van der Waals surface area (Å²) in [4.78, 5) is 7.17. The third kappa shape index (κ3) is 7.47. The van der Waals surface area contributed by atoms with Crippen molar-refractivity contribution in [1.29, 1.82) is 0 Å². The van der Waals surface area contributed by atoms with E-state index >= 15 is 0 Å². The van der Waals surface area contributed by atoms with E-state index in [2.05, 4.69) is 79.5 Å². The van der Waals surface area contributed by atoms with Gasteiger partial charge in [-0.05, 0) is 48.4 Å². The van der Waals surface area contributed by atoms with Crippen LogP contribution in [0.3, 0.4) is 0 Å². The summed E-state index contributed by atoms with van der Waals surface area (Å²) < 4.78 is 18.5. The fourth-order valence-electron chi connectivity index (χ4n) is 4.47. The van der Waals surface area contributed by atoms with Gasteiger partial charge in [0, 0.05) is 36.3 Å². The zero-order chi connectivity index (χ0) is 27.6. The lowest BCUT2D eigenvalue weighted by Gasteiger charge is -2.20. The fourth-order valence-corrected chi connectivity index (χ4v) is 4.47. The van der Waals surface area contributed by atoms with Crippen LogP contribution < -0.4 is 9.64 Å². The van der Waals surface area contributed by atoms with Gasteiger partial charge in [-0.15, -0.1) is 0 Å². The lowest BCUT2D eigenvalue weighted by atomic mass is 10.1. The molecule has 0 fully saturated rings. The van der Waals surface area contributed by atoms with Crippen molar-refractivity contribution in [1.82, 2.24) is 4.98 Å². The van der Waals surface area contributed by atoms with Gasteiger partial charge >= 0.3 is 0 Å². The van der Waals surface area contributed by atoms with Crippen LogP contribution in [-0.2, 0) is 22.7 Å². The summed E-state index contributed by atoms with van der Waals surface area (Å²) in [6, 6.07) is 39.1. The van der Waals surface area contributed by atoms with Crippen LogP contribution in [0, 0.1) is 0 Å². The van der Waals surface area contributed by atoms with E-state index in [1.54, 1.807) is 0 Å². The van der Waals surface area contributed by atoms with E-state index in [-0.39, 0.29) is 6.10 Å². The molecule has 0 unspecified atom stereocenters. The summed E-state index contributed by atoms with van der Waals surface area (Å²) in [5.41, 5.74) is 6.36. The second-order valence-corrected chi connectivity index (χ2v) is 9.85. The molecular formula is C35H36N2O3. The van der Waals surface area contributed by atoms with E-state index in [0.717, 1.165) is 45.6 Å². The lowest BCUT2D eigenvalue weighted by molar-refractivity contribution is -0.0156. The molecule has 204 valence electrons. The Hall–Kier alpha value is -4.19. The molecule has 0 aliphatic carbocycles. The molecule has 4 aromatic carbocycles. The molecule has 5 aromatic rings. The molecule has 0 N–H and O–H groups in total. The van der Waals surface area contributed by atoms with Gasteiger partial charge in [0.1, 0.15) is 11.9 Å². The number of benzene rings is 4. The van der Waals surface area contributed by atoms with Crippen molar-refractivity contribution in [3.63, 3.8) is 0 Å². The summed E-state index contributed by atoms with van der Waals surface area (Å²) in [6.07, 6.45) is -0.267. The second-order valence-electron chi connectivity index (χ2n) is 9.85. The molecule has 5 nitrogen and oxygen atoms in total. The number of rotatable bonds is 13. The van der Waals surface area contributed by atoms with Gasteiger partial charge in [-0.2, -0.15) is 0 Å². The molecule has 1 aromatic heterocycles. The predicted octanol–water partition coefficient (Wildman–Crippen LogP) is 7.54. The first-order chi connectivity index (χ1) is 19.7. The SMILES string of the molecule is CCN(C)c1ccc(-c2ccc3ccc(OC(COCc4ccccc4)COCc4ccccc4)cc3n2)cc1. The largest absolute Gasteiger partial charge is 0.486 e. The van der Waals surface area contributed by atoms with Crippen molar-refractivity contribution in [3.8, 4) is 17.0 Å². The molecule has 0 saturated heterocycles. The van der Waals surface area contributed by atoms with Gasteiger partial charge in [0.15, 0.2) is 0 Å². The fraction of sp³-hybridized carbons (Fsp3) is 0.229. The normalized spacial score (nSPS) is 11.2. The smallest absolute Gasteiger partial charge is 0.145 e. The third-order valence-corrected chi connectivity index (χ3v) is 6.88. The highest BCUT2D eigenvalue weighted by Gasteiger charge is 2.14. The van der Waals surface area contributed by atoms with Crippen molar-refractivity contribution in [2.45, 2.75) is 26.2 Å². The monoisotopic (exact) mass is 532 g/mol. The standard InChI is InChI=1S/C35H36N2O3/c1-3-37(2)31-18-14-29(15-19-31)34-21-17-30-16-20-32(22-35(30)36-34)40-33(25-38-23-27-10-6-4-7-11-27)26-39-24-28-12-8-5-9-13-28/h4-22,33H,3,23-26H2,1-2H3. The molecule has 0 saturated carbocycles. The van der Waals surface area contributed by atoms with Gasteiger partial charge in [0.2, 0.25) is 0 Å². The van der Waals surface area contributed by atoms with Gasteiger partial charge in [-0.25, -0.2) is 4.98 Å². The number of aromatic nitrogens is 1. The van der Waals surface area contributed by atoms with Gasteiger partial charge in [-0.1, -0.05) is 78.9 Å². The van der Waals surface area contributed by atoms with Crippen molar-refractivity contribution in [2.24, 2.45) is 0 Å². The van der Waals surface area contributed by atoms with Gasteiger partial charge in [-0.3, -0.25) is 0 Å². The molecule has 40 heavy (non-hydrogen) atoms. The number of fused-ring (bicyclic) bond motifs is 1. The second kappa shape index (κ2) is 13.7. The van der Waals surface area contributed by atoms with Gasteiger partial charge < -0.3 is 19.1 Å². The van der Waals surface area contributed by atoms with Crippen LogP contribution in [0.1, 0.15) is 18.1 Å². The zero-order valence-corrected chi connectivity index (χ0v) is 23.2. The minimum absolute atomic E-state index is 0.267. The van der Waals surface area contributed by atoms with E-state index in [0.29, 0.717) is 26.4 Å². The first kappa shape index (κ1) is 27.4. The quantitative estimate of drug-likeness (QED) is 0.157. The molecule has 0 radical (unpaired) electrons. The first-order valence-corrected chi connectivity index (χ1v) is 13.8. The summed E-state index contributed by atoms with van der Waals surface area (Å²) in [6.45, 7) is 4.98. The van der Waals surface area contributed by atoms with E-state index in [4.69, 9.17) is 19.2 Å². The molecule has 1 heterocycles. The molecule has 0 aliphatic heterocycles. The Morgan fingerprint density at radius 3 is 1.90 bits per heavy atom. The maximum absolute atomic E-state index is 6.40. The highest BCUT2D eigenvalue weighted by molar-refractivity contribution is 5.83. The molecule has 0 atom stereocenters. The first-order valence-electron chi connectivity index (χ1n) is 13.8. The van der Waals surface area contributed by atoms with Crippen LogP contribution >= 0.6 is 0 Å². The van der Waals surface area contributed by atoms with Crippen LogP contribution in [0.25, 0.3) is 22.2 Å². The van der Waals surface area contributed by atoms with Crippen LogP contribution in [0.5, 0.6) is 5.75 Å². The minimum Gasteiger partial charge on any atom is -0.486 e. The van der Waals surface area contributed by atoms with E-state index in [1.165, 1.54) is 5.69 Å². The van der Waals surface area contributed by atoms with Gasteiger partial charge in [0.25, 0.3) is 0 Å². The number of ether oxygens (including phenoxy) is 3. The summed E-state index contributed by atoms with van der Waals surface area (Å²) in [5.74, 6) is 0.744. The number of anilines is 1. The summed E-state index contributed by atoms with van der Waals surface area (Å²) in [7, 11) is 2.09. The van der Waals surface area contributed by atoms with E-state index in [1.807, 2.05) is 54.6 Å². The van der Waals surface area contributed by atoms with Crippen LogP contribution in [0.2, 0.25) is 0 Å². The van der Waals surface area contributed by atoms with Crippen molar-refractivity contribution < 1.29 is 14.2 Å². The van der Waals surface area contributed by atoms with E-state index < -0.39 is 0 Å². The lowest BCUT2D eigenvalue weighted by Crippen LogP contribution is -2.28. The Morgan fingerprint density at radius 2 is 1.30 bits per heavy atom.